The van der Waals surface area contributed by atoms with Gasteiger partial charge in [0.15, 0.2) is 0 Å². The lowest BCUT2D eigenvalue weighted by Gasteiger charge is -2.28. The summed E-state index contributed by atoms with van der Waals surface area (Å²) in [5.41, 5.74) is 0.0607. The van der Waals surface area contributed by atoms with Gasteiger partial charge in [-0.1, -0.05) is 58.7 Å². The average Bonchev–Trinajstić information content (AvgIpc) is 2.44. The number of hydrogen-bond acceptors (Lipinski definition) is 1. The zero-order chi connectivity index (χ0) is 14.8. The van der Waals surface area contributed by atoms with Crippen molar-refractivity contribution in [3.8, 4) is 0 Å². The Kier molecular flexibility index (Phi) is 4.84. The molecule has 0 fully saturated rings. The normalized spacial score (nSPS) is 14.1. The second-order valence-corrected chi connectivity index (χ2v) is 6.11. The molecule has 1 unspecified atom stereocenters. The Balaban J connectivity index is 2.39. The van der Waals surface area contributed by atoms with Crippen molar-refractivity contribution in [1.29, 1.82) is 0 Å². The molecule has 2 aromatic rings. The van der Waals surface area contributed by atoms with Crippen LogP contribution in [0.4, 0.5) is 4.39 Å². The van der Waals surface area contributed by atoms with Crippen LogP contribution in [0.15, 0.2) is 46.9 Å². The molecule has 0 aromatic heterocycles. The molecule has 0 heterocycles. The lowest BCUT2D eigenvalue weighted by Crippen LogP contribution is -2.28. The van der Waals surface area contributed by atoms with E-state index < -0.39 is 11.4 Å². The van der Waals surface area contributed by atoms with E-state index in [2.05, 4.69) is 15.9 Å². The number of halogens is 3. The van der Waals surface area contributed by atoms with Gasteiger partial charge in [-0.25, -0.2) is 4.39 Å². The van der Waals surface area contributed by atoms with Gasteiger partial charge >= 0.3 is 0 Å². The second kappa shape index (κ2) is 6.25. The smallest absolute Gasteiger partial charge is 0.145 e. The molecule has 2 aromatic carbocycles. The van der Waals surface area contributed by atoms with Crippen LogP contribution < -0.4 is 0 Å². The van der Waals surface area contributed by atoms with E-state index in [0.29, 0.717) is 12.0 Å². The zero-order valence-corrected chi connectivity index (χ0v) is 13.4. The van der Waals surface area contributed by atoms with Crippen LogP contribution in [0.3, 0.4) is 0 Å². The lowest BCUT2D eigenvalue weighted by atomic mass is 9.85. The van der Waals surface area contributed by atoms with Gasteiger partial charge in [-0.15, -0.1) is 0 Å². The molecule has 0 radical (unpaired) electrons. The van der Waals surface area contributed by atoms with Crippen LogP contribution in [0.1, 0.15) is 24.5 Å². The lowest BCUT2D eigenvalue weighted by molar-refractivity contribution is 0.0318. The van der Waals surface area contributed by atoms with Crippen LogP contribution in [0.2, 0.25) is 5.02 Å². The molecular formula is C16H15BrClFO. The number of benzene rings is 2. The topological polar surface area (TPSA) is 20.2 Å². The first-order valence-corrected chi connectivity index (χ1v) is 7.54. The maximum absolute atomic E-state index is 14.0. The van der Waals surface area contributed by atoms with E-state index in [1.165, 1.54) is 6.07 Å². The van der Waals surface area contributed by atoms with Crippen molar-refractivity contribution >= 4 is 27.5 Å². The molecule has 0 aliphatic rings. The molecule has 20 heavy (non-hydrogen) atoms. The highest BCUT2D eigenvalue weighted by Gasteiger charge is 2.29. The Morgan fingerprint density at radius 2 is 1.95 bits per heavy atom. The molecule has 0 saturated heterocycles. The van der Waals surface area contributed by atoms with Crippen LogP contribution in [0, 0.1) is 5.82 Å². The number of hydrogen-bond donors (Lipinski definition) is 1. The van der Waals surface area contributed by atoms with Crippen LogP contribution in [0.25, 0.3) is 0 Å². The molecule has 106 valence electrons. The van der Waals surface area contributed by atoms with Gasteiger partial charge in [0.25, 0.3) is 0 Å². The molecule has 4 heteroatoms. The summed E-state index contributed by atoms with van der Waals surface area (Å²) in [6.07, 6.45) is 0.668. The summed E-state index contributed by atoms with van der Waals surface area (Å²) < 4.78 is 14.9. The Morgan fingerprint density at radius 3 is 2.60 bits per heavy atom. The number of rotatable bonds is 4. The minimum Gasteiger partial charge on any atom is -0.385 e. The third kappa shape index (κ3) is 3.22. The second-order valence-electron chi connectivity index (χ2n) is 4.79. The van der Waals surface area contributed by atoms with Crippen molar-refractivity contribution in [1.82, 2.24) is 0 Å². The van der Waals surface area contributed by atoms with Crippen molar-refractivity contribution in [3.05, 3.63) is 68.9 Å². The van der Waals surface area contributed by atoms with Crippen molar-refractivity contribution in [3.63, 3.8) is 0 Å². The molecule has 0 spiro atoms. The van der Waals surface area contributed by atoms with Crippen LogP contribution in [-0.4, -0.2) is 5.11 Å². The summed E-state index contributed by atoms with van der Waals surface area (Å²) in [6, 6.07) is 12.3. The average molecular weight is 358 g/mol. The zero-order valence-electron chi connectivity index (χ0n) is 11.0. The highest BCUT2D eigenvalue weighted by Crippen LogP contribution is 2.32. The fourth-order valence-electron chi connectivity index (χ4n) is 2.21. The Hall–Kier alpha value is -0.900. The summed E-state index contributed by atoms with van der Waals surface area (Å²) in [4.78, 5) is 0. The quantitative estimate of drug-likeness (QED) is 0.809. The van der Waals surface area contributed by atoms with Gasteiger partial charge in [0.1, 0.15) is 5.82 Å². The SMILES string of the molecule is CCC(O)(Cc1cccc(Cl)c1F)c1cccc(Br)c1. The van der Waals surface area contributed by atoms with Gasteiger partial charge in [-0.05, 0) is 35.7 Å². The first-order chi connectivity index (χ1) is 9.46. The van der Waals surface area contributed by atoms with Gasteiger partial charge in [-0.3, -0.25) is 0 Å². The van der Waals surface area contributed by atoms with E-state index in [1.807, 2.05) is 31.2 Å². The maximum Gasteiger partial charge on any atom is 0.145 e. The van der Waals surface area contributed by atoms with E-state index in [4.69, 9.17) is 11.6 Å². The molecule has 1 N–H and O–H groups in total. The monoisotopic (exact) mass is 356 g/mol. The third-order valence-corrected chi connectivity index (χ3v) is 4.25. The van der Waals surface area contributed by atoms with Gasteiger partial charge < -0.3 is 5.11 Å². The fraction of sp³-hybridized carbons (Fsp3) is 0.250. The van der Waals surface area contributed by atoms with Gasteiger partial charge in [-0.2, -0.15) is 0 Å². The van der Waals surface area contributed by atoms with Gasteiger partial charge in [0.05, 0.1) is 10.6 Å². The Bertz CT molecular complexity index is 617. The van der Waals surface area contributed by atoms with Crippen LogP contribution in [-0.2, 0) is 12.0 Å². The van der Waals surface area contributed by atoms with Crippen LogP contribution >= 0.6 is 27.5 Å². The molecular weight excluding hydrogens is 343 g/mol. The largest absolute Gasteiger partial charge is 0.385 e. The molecule has 0 saturated carbocycles. The molecule has 0 aliphatic carbocycles. The first-order valence-electron chi connectivity index (χ1n) is 6.37. The molecule has 0 bridgehead atoms. The van der Waals surface area contributed by atoms with E-state index >= 15 is 0 Å². The molecule has 2 rings (SSSR count). The molecule has 1 nitrogen and oxygen atoms in total. The fourth-order valence-corrected chi connectivity index (χ4v) is 2.80. The minimum absolute atomic E-state index is 0.0789. The molecule has 0 aliphatic heterocycles. The van der Waals surface area contributed by atoms with Gasteiger partial charge in [0.2, 0.25) is 0 Å². The van der Waals surface area contributed by atoms with Crippen molar-refractivity contribution in [2.45, 2.75) is 25.4 Å². The van der Waals surface area contributed by atoms with Crippen molar-refractivity contribution in [2.24, 2.45) is 0 Å². The highest BCUT2D eigenvalue weighted by atomic mass is 79.9. The predicted molar refractivity (Wildman–Crippen MR) is 83.4 cm³/mol. The van der Waals surface area contributed by atoms with Gasteiger partial charge in [0, 0.05) is 10.9 Å². The summed E-state index contributed by atoms with van der Waals surface area (Å²) in [5.74, 6) is -0.462. The Labute approximate surface area is 131 Å². The summed E-state index contributed by atoms with van der Waals surface area (Å²) >= 11 is 9.18. The third-order valence-electron chi connectivity index (χ3n) is 3.46. The van der Waals surface area contributed by atoms with E-state index in [-0.39, 0.29) is 11.4 Å². The molecule has 0 amide bonds. The summed E-state index contributed by atoms with van der Waals surface area (Å²) in [6.45, 7) is 1.88. The standard InChI is InChI=1S/C16H15BrClFO/c1-2-16(20,12-6-4-7-13(17)9-12)10-11-5-3-8-14(18)15(11)19/h3-9,20H,2,10H2,1H3. The number of aliphatic hydroxyl groups is 1. The first kappa shape index (κ1) is 15.5. The summed E-state index contributed by atoms with van der Waals surface area (Å²) in [5, 5.41) is 10.9. The summed E-state index contributed by atoms with van der Waals surface area (Å²) in [7, 11) is 0. The van der Waals surface area contributed by atoms with Crippen molar-refractivity contribution in [2.75, 3.05) is 0 Å². The van der Waals surface area contributed by atoms with Crippen molar-refractivity contribution < 1.29 is 9.50 Å². The highest BCUT2D eigenvalue weighted by molar-refractivity contribution is 9.10. The van der Waals surface area contributed by atoms with E-state index in [9.17, 15) is 9.50 Å². The Morgan fingerprint density at radius 1 is 1.25 bits per heavy atom. The minimum atomic E-state index is -1.12. The van der Waals surface area contributed by atoms with Crippen LogP contribution in [0.5, 0.6) is 0 Å². The maximum atomic E-state index is 14.0. The van der Waals surface area contributed by atoms with E-state index in [1.54, 1.807) is 12.1 Å². The predicted octanol–water partition coefficient (Wildman–Crippen LogP) is 5.08. The molecule has 1 atom stereocenters. The van der Waals surface area contributed by atoms with E-state index in [0.717, 1.165) is 10.0 Å².